The van der Waals surface area contributed by atoms with Gasteiger partial charge in [-0.3, -0.25) is 4.84 Å². The van der Waals surface area contributed by atoms with Gasteiger partial charge >= 0.3 is 6.18 Å². The maximum Gasteiger partial charge on any atom is 0.413 e. The van der Waals surface area contributed by atoms with Crippen LogP contribution in [0, 0.1) is 5.92 Å². The van der Waals surface area contributed by atoms with Gasteiger partial charge in [-0.05, 0) is 25.7 Å². The average Bonchev–Trinajstić information content (AvgIpc) is 1.98. The third-order valence-electron chi connectivity index (χ3n) is 1.70. The number of hydrogen-bond acceptors (Lipinski definition) is 2. The second-order valence-corrected chi connectivity index (χ2v) is 3.89. The van der Waals surface area contributed by atoms with Gasteiger partial charge in [0.05, 0.1) is 0 Å². The summed E-state index contributed by atoms with van der Waals surface area (Å²) in [6.07, 6.45) is -2.47. The van der Waals surface area contributed by atoms with Gasteiger partial charge in [-0.15, -0.1) is 0 Å². The van der Waals surface area contributed by atoms with Crippen molar-refractivity contribution in [2.45, 2.75) is 45.8 Å². The molecule has 0 fully saturated rings. The summed E-state index contributed by atoms with van der Waals surface area (Å²) in [4.78, 5) is 4.32. The highest BCUT2D eigenvalue weighted by molar-refractivity contribution is 4.57. The topological polar surface area (TPSA) is 21.3 Å². The SMILES string of the molecule is CC(C)CCC(C)NOCC(F)(F)F. The molecule has 0 bridgehead atoms. The summed E-state index contributed by atoms with van der Waals surface area (Å²) < 4.78 is 35.0. The predicted molar refractivity (Wildman–Crippen MR) is 48.7 cm³/mol. The first-order chi connectivity index (χ1) is 6.31. The van der Waals surface area contributed by atoms with Crippen LogP contribution in [-0.2, 0) is 4.84 Å². The molecule has 0 amide bonds. The van der Waals surface area contributed by atoms with Crippen molar-refractivity contribution in [1.29, 1.82) is 0 Å². The first-order valence-corrected chi connectivity index (χ1v) is 4.75. The van der Waals surface area contributed by atoms with Crippen molar-refractivity contribution in [2.24, 2.45) is 5.92 Å². The Kier molecular flexibility index (Phi) is 6.11. The first-order valence-electron chi connectivity index (χ1n) is 4.75. The Morgan fingerprint density at radius 3 is 2.14 bits per heavy atom. The highest BCUT2D eigenvalue weighted by atomic mass is 19.4. The van der Waals surface area contributed by atoms with Crippen LogP contribution in [0.15, 0.2) is 0 Å². The lowest BCUT2D eigenvalue weighted by molar-refractivity contribution is -0.192. The Morgan fingerprint density at radius 2 is 1.71 bits per heavy atom. The van der Waals surface area contributed by atoms with Crippen LogP contribution in [0.4, 0.5) is 13.2 Å². The molecule has 0 saturated heterocycles. The van der Waals surface area contributed by atoms with Crippen molar-refractivity contribution in [3.05, 3.63) is 0 Å². The molecule has 86 valence electrons. The van der Waals surface area contributed by atoms with E-state index in [1.165, 1.54) is 0 Å². The minimum absolute atomic E-state index is 0.0419. The molecule has 0 aromatic rings. The van der Waals surface area contributed by atoms with Gasteiger partial charge in [0.25, 0.3) is 0 Å². The lowest BCUT2D eigenvalue weighted by atomic mass is 10.1. The zero-order chi connectivity index (χ0) is 11.2. The van der Waals surface area contributed by atoms with Crippen molar-refractivity contribution in [1.82, 2.24) is 5.48 Å². The summed E-state index contributed by atoms with van der Waals surface area (Å²) in [6, 6.07) is -0.0419. The standard InChI is InChI=1S/C9H18F3NO/c1-7(2)4-5-8(3)13-14-6-9(10,11)12/h7-8,13H,4-6H2,1-3H3. The highest BCUT2D eigenvalue weighted by Crippen LogP contribution is 2.14. The van der Waals surface area contributed by atoms with Crippen LogP contribution < -0.4 is 5.48 Å². The summed E-state index contributed by atoms with van der Waals surface area (Å²) in [6.45, 7) is 4.71. The average molecular weight is 213 g/mol. The van der Waals surface area contributed by atoms with Crippen LogP contribution in [-0.4, -0.2) is 18.8 Å². The maximum atomic E-state index is 11.7. The van der Waals surface area contributed by atoms with E-state index in [1.54, 1.807) is 6.92 Å². The maximum absolute atomic E-state index is 11.7. The molecule has 14 heavy (non-hydrogen) atoms. The summed E-state index contributed by atoms with van der Waals surface area (Å²) in [7, 11) is 0. The molecule has 0 spiro atoms. The van der Waals surface area contributed by atoms with Crippen molar-refractivity contribution >= 4 is 0 Å². The number of alkyl halides is 3. The lowest BCUT2D eigenvalue weighted by Crippen LogP contribution is -2.31. The fraction of sp³-hybridized carbons (Fsp3) is 1.00. The molecular weight excluding hydrogens is 195 g/mol. The minimum Gasteiger partial charge on any atom is -0.292 e. The Morgan fingerprint density at radius 1 is 1.14 bits per heavy atom. The second kappa shape index (κ2) is 6.24. The van der Waals surface area contributed by atoms with Crippen LogP contribution in [0.2, 0.25) is 0 Å². The van der Waals surface area contributed by atoms with Crippen molar-refractivity contribution in [3.8, 4) is 0 Å². The van der Waals surface area contributed by atoms with E-state index in [-0.39, 0.29) is 6.04 Å². The summed E-state index contributed by atoms with van der Waals surface area (Å²) in [5.41, 5.74) is 2.37. The lowest BCUT2D eigenvalue weighted by Gasteiger charge is -2.15. The van der Waals surface area contributed by atoms with E-state index in [9.17, 15) is 13.2 Å². The van der Waals surface area contributed by atoms with Gasteiger partial charge in [0.2, 0.25) is 0 Å². The molecule has 0 radical (unpaired) electrons. The largest absolute Gasteiger partial charge is 0.413 e. The second-order valence-electron chi connectivity index (χ2n) is 3.89. The zero-order valence-electron chi connectivity index (χ0n) is 8.82. The van der Waals surface area contributed by atoms with E-state index in [0.717, 1.165) is 12.8 Å². The summed E-state index contributed by atoms with van der Waals surface area (Å²) in [5, 5.41) is 0. The van der Waals surface area contributed by atoms with Gasteiger partial charge in [-0.2, -0.15) is 18.7 Å². The molecule has 2 nitrogen and oxygen atoms in total. The third-order valence-corrected chi connectivity index (χ3v) is 1.70. The van der Waals surface area contributed by atoms with Gasteiger partial charge in [-0.1, -0.05) is 13.8 Å². The number of hydroxylamine groups is 1. The monoisotopic (exact) mass is 213 g/mol. The predicted octanol–water partition coefficient (Wildman–Crippen LogP) is 2.89. The molecule has 0 aliphatic heterocycles. The Bertz CT molecular complexity index is 147. The highest BCUT2D eigenvalue weighted by Gasteiger charge is 2.27. The molecule has 5 heteroatoms. The molecule has 0 aliphatic carbocycles. The molecule has 0 aromatic carbocycles. The first kappa shape index (κ1) is 13.7. The van der Waals surface area contributed by atoms with Crippen molar-refractivity contribution in [3.63, 3.8) is 0 Å². The van der Waals surface area contributed by atoms with Crippen LogP contribution in [0.25, 0.3) is 0 Å². The van der Waals surface area contributed by atoms with E-state index in [2.05, 4.69) is 24.2 Å². The number of halogens is 3. The molecule has 0 heterocycles. The van der Waals surface area contributed by atoms with Gasteiger partial charge < -0.3 is 0 Å². The molecule has 1 unspecified atom stereocenters. The molecule has 1 N–H and O–H groups in total. The smallest absolute Gasteiger partial charge is 0.292 e. The van der Waals surface area contributed by atoms with Gasteiger partial charge in [-0.25, -0.2) is 0 Å². The summed E-state index contributed by atoms with van der Waals surface area (Å²) in [5.74, 6) is 0.557. The van der Waals surface area contributed by atoms with E-state index in [4.69, 9.17) is 0 Å². The van der Waals surface area contributed by atoms with Gasteiger partial charge in [0.15, 0.2) is 6.61 Å². The van der Waals surface area contributed by atoms with Gasteiger partial charge in [0, 0.05) is 6.04 Å². The van der Waals surface area contributed by atoms with Crippen molar-refractivity contribution < 1.29 is 18.0 Å². The fourth-order valence-electron chi connectivity index (χ4n) is 0.908. The fourth-order valence-corrected chi connectivity index (χ4v) is 0.908. The third kappa shape index (κ3) is 9.80. The van der Waals surface area contributed by atoms with Crippen LogP contribution in [0.5, 0.6) is 0 Å². The quantitative estimate of drug-likeness (QED) is 0.685. The van der Waals surface area contributed by atoms with E-state index >= 15 is 0 Å². The van der Waals surface area contributed by atoms with Gasteiger partial charge in [0.1, 0.15) is 0 Å². The molecule has 0 aromatic heterocycles. The van der Waals surface area contributed by atoms with Crippen LogP contribution in [0.3, 0.4) is 0 Å². The Labute approximate surface area is 82.8 Å². The molecule has 0 rings (SSSR count). The van der Waals surface area contributed by atoms with Crippen LogP contribution >= 0.6 is 0 Å². The van der Waals surface area contributed by atoms with E-state index < -0.39 is 12.8 Å². The molecule has 1 atom stereocenters. The zero-order valence-corrected chi connectivity index (χ0v) is 8.82. The van der Waals surface area contributed by atoms with E-state index in [1.807, 2.05) is 0 Å². The summed E-state index contributed by atoms with van der Waals surface area (Å²) >= 11 is 0. The Hall–Kier alpha value is -0.290. The number of hydrogen-bond donors (Lipinski definition) is 1. The van der Waals surface area contributed by atoms with E-state index in [0.29, 0.717) is 5.92 Å². The number of rotatable bonds is 6. The van der Waals surface area contributed by atoms with Crippen LogP contribution in [0.1, 0.15) is 33.6 Å². The normalized spacial score (nSPS) is 14.8. The molecular formula is C9H18F3NO. The molecule has 0 aliphatic rings. The molecule has 0 saturated carbocycles. The Balaban J connectivity index is 3.40. The van der Waals surface area contributed by atoms with Crippen molar-refractivity contribution in [2.75, 3.05) is 6.61 Å². The minimum atomic E-state index is -4.26. The number of nitrogens with one attached hydrogen (secondary N) is 1.